The molecule has 64 valence electrons. The van der Waals surface area contributed by atoms with Gasteiger partial charge in [-0.25, -0.2) is 0 Å². The van der Waals surface area contributed by atoms with Gasteiger partial charge in [0.2, 0.25) is 5.91 Å². The Morgan fingerprint density at radius 3 is 3.25 bits per heavy atom. The molecule has 1 heterocycles. The molecule has 0 aromatic carbocycles. The first-order chi connectivity index (χ1) is 5.83. The fourth-order valence-electron chi connectivity index (χ4n) is 0.716. The van der Waals surface area contributed by atoms with Gasteiger partial charge in [-0.15, -0.1) is 6.58 Å². The third-order valence-electron chi connectivity index (χ3n) is 1.28. The molecule has 0 saturated heterocycles. The SMILES string of the molecule is C=CCCC(=O)Nc1ccon1. The number of nitrogens with zero attached hydrogens (tertiary/aromatic N) is 1. The van der Waals surface area contributed by atoms with Crippen LogP contribution in [0.4, 0.5) is 5.82 Å². The van der Waals surface area contributed by atoms with Crippen LogP contribution in [0.5, 0.6) is 0 Å². The van der Waals surface area contributed by atoms with Gasteiger partial charge in [-0.3, -0.25) is 4.79 Å². The van der Waals surface area contributed by atoms with E-state index in [9.17, 15) is 4.79 Å². The molecule has 4 heteroatoms. The van der Waals surface area contributed by atoms with E-state index >= 15 is 0 Å². The molecule has 0 radical (unpaired) electrons. The number of amides is 1. The molecule has 0 aliphatic rings. The van der Waals surface area contributed by atoms with Gasteiger partial charge in [-0.2, -0.15) is 0 Å². The Morgan fingerprint density at radius 1 is 1.83 bits per heavy atom. The third kappa shape index (κ3) is 2.57. The van der Waals surface area contributed by atoms with Crippen LogP contribution in [0.25, 0.3) is 0 Å². The quantitative estimate of drug-likeness (QED) is 0.691. The molecular formula is C8H10N2O2. The highest BCUT2D eigenvalue weighted by Gasteiger charge is 2.01. The zero-order valence-corrected chi connectivity index (χ0v) is 6.62. The molecule has 0 unspecified atom stereocenters. The third-order valence-corrected chi connectivity index (χ3v) is 1.28. The van der Waals surface area contributed by atoms with Crippen LogP contribution in [0.3, 0.4) is 0 Å². The molecule has 1 N–H and O–H groups in total. The summed E-state index contributed by atoms with van der Waals surface area (Å²) in [6, 6.07) is 1.59. The van der Waals surface area contributed by atoms with E-state index in [2.05, 4.69) is 21.6 Å². The molecule has 1 amide bonds. The lowest BCUT2D eigenvalue weighted by Crippen LogP contribution is -2.10. The standard InChI is InChI=1S/C8H10N2O2/c1-2-3-4-8(11)9-7-5-6-12-10-7/h2,5-6H,1,3-4H2,(H,9,10,11). The topological polar surface area (TPSA) is 55.1 Å². The van der Waals surface area contributed by atoms with E-state index in [-0.39, 0.29) is 5.91 Å². The summed E-state index contributed by atoms with van der Waals surface area (Å²) >= 11 is 0. The predicted octanol–water partition coefficient (Wildman–Crippen LogP) is 1.58. The van der Waals surface area contributed by atoms with E-state index in [1.54, 1.807) is 12.1 Å². The lowest BCUT2D eigenvalue weighted by atomic mass is 10.3. The highest BCUT2D eigenvalue weighted by Crippen LogP contribution is 2.02. The van der Waals surface area contributed by atoms with Crippen LogP contribution in [-0.4, -0.2) is 11.1 Å². The van der Waals surface area contributed by atoms with Crippen molar-refractivity contribution in [2.24, 2.45) is 0 Å². The van der Waals surface area contributed by atoms with Crippen LogP contribution in [0.2, 0.25) is 0 Å². The summed E-state index contributed by atoms with van der Waals surface area (Å²) in [6.45, 7) is 3.52. The lowest BCUT2D eigenvalue weighted by molar-refractivity contribution is -0.116. The van der Waals surface area contributed by atoms with Crippen molar-refractivity contribution >= 4 is 11.7 Å². The minimum Gasteiger partial charge on any atom is -0.363 e. The minimum atomic E-state index is -0.0798. The molecule has 0 atom stereocenters. The number of hydrogen-bond donors (Lipinski definition) is 1. The number of hydrogen-bond acceptors (Lipinski definition) is 3. The van der Waals surface area contributed by atoms with E-state index in [1.165, 1.54) is 6.26 Å². The van der Waals surface area contributed by atoms with Crippen LogP contribution < -0.4 is 5.32 Å². The first-order valence-electron chi connectivity index (χ1n) is 3.64. The Labute approximate surface area is 70.2 Å². The number of nitrogens with one attached hydrogen (secondary N) is 1. The lowest BCUT2D eigenvalue weighted by Gasteiger charge is -1.97. The van der Waals surface area contributed by atoms with Crippen molar-refractivity contribution in [3.63, 3.8) is 0 Å². The maximum atomic E-state index is 11.0. The molecule has 0 saturated carbocycles. The molecule has 0 aliphatic heterocycles. The molecule has 1 aromatic rings. The Kier molecular flexibility index (Phi) is 3.07. The average molecular weight is 166 g/mol. The summed E-state index contributed by atoms with van der Waals surface area (Å²) in [6.07, 6.45) is 4.20. The maximum absolute atomic E-state index is 11.0. The zero-order chi connectivity index (χ0) is 8.81. The molecule has 1 aromatic heterocycles. The first kappa shape index (κ1) is 8.52. The van der Waals surface area contributed by atoms with E-state index in [1.807, 2.05) is 0 Å². The largest absolute Gasteiger partial charge is 0.363 e. The first-order valence-corrected chi connectivity index (χ1v) is 3.64. The number of carbonyl (C=O) groups is 1. The maximum Gasteiger partial charge on any atom is 0.225 e. The van der Waals surface area contributed by atoms with Gasteiger partial charge in [-0.1, -0.05) is 11.2 Å². The van der Waals surface area contributed by atoms with E-state index in [0.29, 0.717) is 18.7 Å². The number of anilines is 1. The van der Waals surface area contributed by atoms with Gasteiger partial charge in [0, 0.05) is 12.5 Å². The van der Waals surface area contributed by atoms with E-state index in [0.717, 1.165) is 0 Å². The minimum absolute atomic E-state index is 0.0798. The molecule has 4 nitrogen and oxygen atoms in total. The highest BCUT2D eigenvalue weighted by molar-refractivity contribution is 5.89. The molecule has 0 bridgehead atoms. The van der Waals surface area contributed by atoms with Gasteiger partial charge in [0.15, 0.2) is 5.82 Å². The van der Waals surface area contributed by atoms with E-state index < -0.39 is 0 Å². The Hall–Kier alpha value is -1.58. The second-order valence-electron chi connectivity index (χ2n) is 2.26. The smallest absolute Gasteiger partial charge is 0.225 e. The second-order valence-corrected chi connectivity index (χ2v) is 2.26. The molecule has 0 aliphatic carbocycles. The van der Waals surface area contributed by atoms with Gasteiger partial charge < -0.3 is 9.84 Å². The molecule has 0 fully saturated rings. The summed E-state index contributed by atoms with van der Waals surface area (Å²) in [5.74, 6) is 0.368. The summed E-state index contributed by atoms with van der Waals surface area (Å²) < 4.78 is 4.53. The summed E-state index contributed by atoms with van der Waals surface area (Å²) in [7, 11) is 0. The van der Waals surface area contributed by atoms with Crippen LogP contribution in [0.1, 0.15) is 12.8 Å². The zero-order valence-electron chi connectivity index (χ0n) is 6.62. The van der Waals surface area contributed by atoms with Gasteiger partial charge in [0.05, 0.1) is 0 Å². The number of rotatable bonds is 4. The monoisotopic (exact) mass is 166 g/mol. The van der Waals surface area contributed by atoms with Crippen molar-refractivity contribution < 1.29 is 9.32 Å². The van der Waals surface area contributed by atoms with Crippen molar-refractivity contribution in [3.05, 3.63) is 25.0 Å². The molecular weight excluding hydrogens is 156 g/mol. The molecule has 0 spiro atoms. The van der Waals surface area contributed by atoms with Crippen molar-refractivity contribution in [3.8, 4) is 0 Å². The van der Waals surface area contributed by atoms with Crippen molar-refractivity contribution in [1.82, 2.24) is 5.16 Å². The van der Waals surface area contributed by atoms with Gasteiger partial charge in [0.1, 0.15) is 6.26 Å². The van der Waals surface area contributed by atoms with Crippen LogP contribution in [0, 0.1) is 0 Å². The summed E-state index contributed by atoms with van der Waals surface area (Å²) in [4.78, 5) is 11.0. The van der Waals surface area contributed by atoms with Crippen LogP contribution in [-0.2, 0) is 4.79 Å². The van der Waals surface area contributed by atoms with E-state index in [4.69, 9.17) is 0 Å². The Bertz CT molecular complexity index is 254. The fourth-order valence-corrected chi connectivity index (χ4v) is 0.716. The summed E-state index contributed by atoms with van der Waals surface area (Å²) in [5.41, 5.74) is 0. The normalized spacial score (nSPS) is 9.33. The Balaban J connectivity index is 2.32. The number of allylic oxidation sites excluding steroid dienone is 1. The second kappa shape index (κ2) is 4.33. The molecule has 12 heavy (non-hydrogen) atoms. The number of aromatic nitrogens is 1. The van der Waals surface area contributed by atoms with Gasteiger partial charge >= 0.3 is 0 Å². The average Bonchev–Trinajstić information content (AvgIpc) is 2.53. The number of carbonyl (C=O) groups excluding carboxylic acids is 1. The van der Waals surface area contributed by atoms with Gasteiger partial charge in [0.25, 0.3) is 0 Å². The van der Waals surface area contributed by atoms with Crippen LogP contribution in [0.15, 0.2) is 29.5 Å². The Morgan fingerprint density at radius 2 is 2.67 bits per heavy atom. The fraction of sp³-hybridized carbons (Fsp3) is 0.250. The highest BCUT2D eigenvalue weighted by atomic mass is 16.5. The van der Waals surface area contributed by atoms with Crippen molar-refractivity contribution in [1.29, 1.82) is 0 Å². The molecule has 1 rings (SSSR count). The van der Waals surface area contributed by atoms with Crippen molar-refractivity contribution in [2.75, 3.05) is 5.32 Å². The predicted molar refractivity (Wildman–Crippen MR) is 44.6 cm³/mol. The van der Waals surface area contributed by atoms with Gasteiger partial charge in [-0.05, 0) is 6.42 Å². The summed E-state index contributed by atoms with van der Waals surface area (Å²) in [5, 5.41) is 6.10. The van der Waals surface area contributed by atoms with Crippen molar-refractivity contribution in [2.45, 2.75) is 12.8 Å². The van der Waals surface area contributed by atoms with Crippen LogP contribution >= 0.6 is 0 Å².